The Labute approximate surface area is 93.4 Å². The lowest BCUT2D eigenvalue weighted by Crippen LogP contribution is -2.50. The van der Waals surface area contributed by atoms with E-state index in [2.05, 4.69) is 13.8 Å². The fraction of sp³-hybridized carbons (Fsp3) is 0.917. The van der Waals surface area contributed by atoms with Gasteiger partial charge in [0.15, 0.2) is 0 Å². The average Bonchev–Trinajstić information content (AvgIpc) is 2.15. The van der Waals surface area contributed by atoms with Crippen LogP contribution in [0, 0.1) is 5.92 Å². The second kappa shape index (κ2) is 5.50. The van der Waals surface area contributed by atoms with Gasteiger partial charge in [0.2, 0.25) is 5.91 Å². The monoisotopic (exact) mass is 212 g/mol. The summed E-state index contributed by atoms with van der Waals surface area (Å²) in [4.78, 5) is 16.1. The number of carbonyl (C=O) groups is 1. The molecule has 3 heteroatoms. The first kappa shape index (κ1) is 12.5. The standard InChI is InChI=1S/C12H24N2O/c1-10(2)7-9-14-8-5-6-11(12(14)15)13(3)4/h10-11H,5-9H2,1-4H3. The second-order valence-corrected chi connectivity index (χ2v) is 5.13. The van der Waals surface area contributed by atoms with Gasteiger partial charge in [0, 0.05) is 13.1 Å². The first-order valence-electron chi connectivity index (χ1n) is 5.97. The molecule has 88 valence electrons. The van der Waals surface area contributed by atoms with Crippen LogP contribution in [0.3, 0.4) is 0 Å². The van der Waals surface area contributed by atoms with Gasteiger partial charge in [0.05, 0.1) is 6.04 Å². The third-order valence-corrected chi connectivity index (χ3v) is 3.10. The molecule has 1 atom stereocenters. The predicted octanol–water partition coefficient (Wildman–Crippen LogP) is 1.59. The third kappa shape index (κ3) is 3.49. The highest BCUT2D eigenvalue weighted by molar-refractivity contribution is 5.82. The summed E-state index contributed by atoms with van der Waals surface area (Å²) in [7, 11) is 3.99. The quantitative estimate of drug-likeness (QED) is 0.706. The van der Waals surface area contributed by atoms with Gasteiger partial charge < -0.3 is 4.90 Å². The Morgan fingerprint density at radius 1 is 1.47 bits per heavy atom. The molecule has 0 saturated carbocycles. The molecule has 0 N–H and O–H groups in total. The van der Waals surface area contributed by atoms with E-state index in [1.165, 1.54) is 0 Å². The Bertz CT molecular complexity index is 214. The predicted molar refractivity (Wildman–Crippen MR) is 62.7 cm³/mol. The fourth-order valence-corrected chi connectivity index (χ4v) is 2.04. The molecule has 1 fully saturated rings. The summed E-state index contributed by atoms with van der Waals surface area (Å²) in [5, 5.41) is 0. The van der Waals surface area contributed by atoms with Crippen LogP contribution in [-0.2, 0) is 4.79 Å². The number of piperidine rings is 1. The highest BCUT2D eigenvalue weighted by Crippen LogP contribution is 2.16. The van der Waals surface area contributed by atoms with Gasteiger partial charge in [0.25, 0.3) is 0 Å². The van der Waals surface area contributed by atoms with Crippen molar-refractivity contribution in [3.05, 3.63) is 0 Å². The van der Waals surface area contributed by atoms with E-state index < -0.39 is 0 Å². The molecule has 1 rings (SSSR count). The van der Waals surface area contributed by atoms with E-state index in [-0.39, 0.29) is 6.04 Å². The van der Waals surface area contributed by atoms with Crippen molar-refractivity contribution in [1.82, 2.24) is 9.80 Å². The summed E-state index contributed by atoms with van der Waals surface area (Å²) in [6, 6.07) is 0.117. The molecular formula is C12H24N2O. The van der Waals surface area contributed by atoms with E-state index in [0.717, 1.165) is 32.4 Å². The maximum absolute atomic E-state index is 12.1. The van der Waals surface area contributed by atoms with E-state index in [1.807, 2.05) is 23.9 Å². The van der Waals surface area contributed by atoms with Gasteiger partial charge in [-0.05, 0) is 39.3 Å². The molecule has 0 aliphatic carbocycles. The van der Waals surface area contributed by atoms with E-state index in [0.29, 0.717) is 11.8 Å². The summed E-state index contributed by atoms with van der Waals surface area (Å²) in [6.07, 6.45) is 3.28. The third-order valence-electron chi connectivity index (χ3n) is 3.10. The van der Waals surface area contributed by atoms with E-state index in [1.54, 1.807) is 0 Å². The summed E-state index contributed by atoms with van der Waals surface area (Å²) in [6.45, 7) is 6.30. The number of amides is 1. The molecule has 1 amide bonds. The molecule has 0 aromatic carbocycles. The van der Waals surface area contributed by atoms with Crippen molar-refractivity contribution in [2.75, 3.05) is 27.2 Å². The summed E-state index contributed by atoms with van der Waals surface area (Å²) < 4.78 is 0. The molecule has 1 heterocycles. The molecule has 0 bridgehead atoms. The van der Waals surface area contributed by atoms with Crippen molar-refractivity contribution < 1.29 is 4.79 Å². The van der Waals surface area contributed by atoms with Gasteiger partial charge in [-0.1, -0.05) is 13.8 Å². The van der Waals surface area contributed by atoms with E-state index >= 15 is 0 Å². The Morgan fingerprint density at radius 2 is 2.13 bits per heavy atom. The zero-order chi connectivity index (χ0) is 11.4. The molecule has 15 heavy (non-hydrogen) atoms. The van der Waals surface area contributed by atoms with Crippen molar-refractivity contribution in [2.45, 2.75) is 39.2 Å². The normalized spacial score (nSPS) is 22.9. The summed E-state index contributed by atoms with van der Waals surface area (Å²) >= 11 is 0. The topological polar surface area (TPSA) is 23.6 Å². The average molecular weight is 212 g/mol. The first-order chi connectivity index (χ1) is 7.02. The Balaban J connectivity index is 2.47. The molecule has 1 aliphatic rings. The minimum Gasteiger partial charge on any atom is -0.341 e. The lowest BCUT2D eigenvalue weighted by atomic mass is 10.0. The highest BCUT2D eigenvalue weighted by atomic mass is 16.2. The number of rotatable bonds is 4. The molecule has 1 saturated heterocycles. The van der Waals surface area contributed by atoms with Crippen LogP contribution < -0.4 is 0 Å². The number of carbonyl (C=O) groups excluding carboxylic acids is 1. The number of likely N-dealkylation sites (tertiary alicyclic amines) is 1. The number of likely N-dealkylation sites (N-methyl/N-ethyl adjacent to an activating group) is 1. The second-order valence-electron chi connectivity index (χ2n) is 5.13. The van der Waals surface area contributed by atoms with Crippen LogP contribution >= 0.6 is 0 Å². The van der Waals surface area contributed by atoms with Crippen LogP contribution in [0.2, 0.25) is 0 Å². The maximum Gasteiger partial charge on any atom is 0.239 e. The van der Waals surface area contributed by atoms with Gasteiger partial charge in [-0.25, -0.2) is 0 Å². The molecule has 0 aromatic heterocycles. The highest BCUT2D eigenvalue weighted by Gasteiger charge is 2.29. The maximum atomic E-state index is 12.1. The smallest absolute Gasteiger partial charge is 0.239 e. The molecule has 3 nitrogen and oxygen atoms in total. The SMILES string of the molecule is CC(C)CCN1CCCC(N(C)C)C1=O. The van der Waals surface area contributed by atoms with Gasteiger partial charge in [-0.3, -0.25) is 9.69 Å². The lowest BCUT2D eigenvalue weighted by molar-refractivity contribution is -0.139. The van der Waals surface area contributed by atoms with Crippen molar-refractivity contribution in [3.8, 4) is 0 Å². The molecule has 0 aromatic rings. The summed E-state index contributed by atoms with van der Waals surface area (Å²) in [5.74, 6) is 1.00. The minimum atomic E-state index is 0.117. The molecule has 0 radical (unpaired) electrons. The van der Waals surface area contributed by atoms with Crippen LogP contribution in [0.15, 0.2) is 0 Å². The minimum absolute atomic E-state index is 0.117. The van der Waals surface area contributed by atoms with Crippen LogP contribution in [0.25, 0.3) is 0 Å². The van der Waals surface area contributed by atoms with Gasteiger partial charge in [-0.2, -0.15) is 0 Å². The van der Waals surface area contributed by atoms with Gasteiger partial charge in [0.1, 0.15) is 0 Å². The van der Waals surface area contributed by atoms with Crippen molar-refractivity contribution >= 4 is 5.91 Å². The zero-order valence-electron chi connectivity index (χ0n) is 10.5. The first-order valence-corrected chi connectivity index (χ1v) is 5.97. The van der Waals surface area contributed by atoms with Crippen LogP contribution in [0.4, 0.5) is 0 Å². The van der Waals surface area contributed by atoms with Crippen LogP contribution in [-0.4, -0.2) is 48.9 Å². The van der Waals surface area contributed by atoms with E-state index in [4.69, 9.17) is 0 Å². The number of nitrogens with zero attached hydrogens (tertiary/aromatic N) is 2. The lowest BCUT2D eigenvalue weighted by Gasteiger charge is -2.35. The molecule has 1 aliphatic heterocycles. The molecular weight excluding hydrogens is 188 g/mol. The van der Waals surface area contributed by atoms with Crippen molar-refractivity contribution in [2.24, 2.45) is 5.92 Å². The van der Waals surface area contributed by atoms with Gasteiger partial charge >= 0.3 is 0 Å². The molecule has 1 unspecified atom stereocenters. The number of hydrogen-bond acceptors (Lipinski definition) is 2. The Kier molecular flexibility index (Phi) is 4.58. The molecule has 0 spiro atoms. The summed E-state index contributed by atoms with van der Waals surface area (Å²) in [5.41, 5.74) is 0. The van der Waals surface area contributed by atoms with Crippen LogP contribution in [0.1, 0.15) is 33.1 Å². The Hall–Kier alpha value is -0.570. The largest absolute Gasteiger partial charge is 0.341 e. The fourth-order valence-electron chi connectivity index (χ4n) is 2.04. The van der Waals surface area contributed by atoms with Crippen molar-refractivity contribution in [1.29, 1.82) is 0 Å². The van der Waals surface area contributed by atoms with Crippen molar-refractivity contribution in [3.63, 3.8) is 0 Å². The van der Waals surface area contributed by atoms with Gasteiger partial charge in [-0.15, -0.1) is 0 Å². The zero-order valence-corrected chi connectivity index (χ0v) is 10.5. The Morgan fingerprint density at radius 3 is 2.67 bits per heavy atom. The van der Waals surface area contributed by atoms with E-state index in [9.17, 15) is 4.79 Å². The number of hydrogen-bond donors (Lipinski definition) is 0. The van der Waals surface area contributed by atoms with Crippen LogP contribution in [0.5, 0.6) is 0 Å².